The van der Waals surface area contributed by atoms with Crippen LogP contribution in [0.5, 0.6) is 0 Å². The summed E-state index contributed by atoms with van der Waals surface area (Å²) in [5, 5.41) is 10.3. The van der Waals surface area contributed by atoms with Gasteiger partial charge in [0, 0.05) is 21.9 Å². The molecule has 0 atom stereocenters. The summed E-state index contributed by atoms with van der Waals surface area (Å²) in [5.41, 5.74) is 14.1. The van der Waals surface area contributed by atoms with E-state index in [1.54, 1.807) is 0 Å². The fraction of sp³-hybridized carbons (Fsp3) is 0.0588. The van der Waals surface area contributed by atoms with Crippen molar-refractivity contribution >= 4 is 54.1 Å². The van der Waals surface area contributed by atoms with Crippen molar-refractivity contribution < 1.29 is 0 Å². The molecule has 0 bridgehead atoms. The van der Waals surface area contributed by atoms with E-state index in [9.17, 15) is 0 Å². The average Bonchev–Trinajstić information content (AvgIpc) is 3.65. The van der Waals surface area contributed by atoms with Crippen molar-refractivity contribution in [3.63, 3.8) is 0 Å². The van der Waals surface area contributed by atoms with Crippen molar-refractivity contribution in [1.29, 1.82) is 0 Å². The van der Waals surface area contributed by atoms with Crippen molar-refractivity contribution in [2.45, 2.75) is 19.3 Å². The molecule has 0 spiro atoms. The molecule has 0 fully saturated rings. The maximum Gasteiger partial charge on any atom is 0.0547 e. The highest BCUT2D eigenvalue weighted by Gasteiger charge is 2.35. The Hall–Kier alpha value is -6.44. The predicted octanol–water partition coefficient (Wildman–Crippen LogP) is 13.9. The molecule has 1 aliphatic carbocycles. The molecule has 1 aliphatic rings. The molecular formula is C51H35N. The van der Waals surface area contributed by atoms with Gasteiger partial charge in [-0.15, -0.1) is 0 Å². The van der Waals surface area contributed by atoms with Crippen molar-refractivity contribution in [2.24, 2.45) is 0 Å². The molecule has 1 heteroatoms. The number of hydrogen-bond donors (Lipinski definition) is 0. The van der Waals surface area contributed by atoms with Crippen molar-refractivity contribution in [3.8, 4) is 39.1 Å². The summed E-state index contributed by atoms with van der Waals surface area (Å²) in [6, 6.07) is 65.4. The molecule has 11 rings (SSSR count). The van der Waals surface area contributed by atoms with Crippen LogP contribution in [0, 0.1) is 0 Å². The van der Waals surface area contributed by atoms with E-state index in [1.165, 1.54) is 104 Å². The number of fused-ring (bicyclic) bond motifs is 12. The monoisotopic (exact) mass is 661 g/mol. The van der Waals surface area contributed by atoms with Gasteiger partial charge in [-0.25, -0.2) is 0 Å². The van der Waals surface area contributed by atoms with Gasteiger partial charge >= 0.3 is 0 Å². The molecule has 0 unspecified atom stereocenters. The van der Waals surface area contributed by atoms with Gasteiger partial charge < -0.3 is 4.57 Å². The number of hydrogen-bond acceptors (Lipinski definition) is 0. The van der Waals surface area contributed by atoms with Gasteiger partial charge in [0.05, 0.1) is 11.0 Å². The van der Waals surface area contributed by atoms with Gasteiger partial charge in [-0.1, -0.05) is 147 Å². The molecule has 244 valence electrons. The number of para-hydroxylation sites is 1. The predicted molar refractivity (Wildman–Crippen MR) is 222 cm³/mol. The average molecular weight is 662 g/mol. The smallest absolute Gasteiger partial charge is 0.0547 e. The summed E-state index contributed by atoms with van der Waals surface area (Å²) in [7, 11) is 0. The maximum atomic E-state index is 2.45. The molecule has 0 aliphatic heterocycles. The van der Waals surface area contributed by atoms with Crippen molar-refractivity contribution in [1.82, 2.24) is 4.57 Å². The van der Waals surface area contributed by atoms with Gasteiger partial charge in [-0.05, 0) is 119 Å². The summed E-state index contributed by atoms with van der Waals surface area (Å²) < 4.78 is 2.44. The van der Waals surface area contributed by atoms with Gasteiger partial charge in [0.25, 0.3) is 0 Å². The normalized spacial score (nSPS) is 13.3. The lowest BCUT2D eigenvalue weighted by molar-refractivity contribution is 0.660. The second kappa shape index (κ2) is 10.8. The molecule has 0 saturated carbocycles. The Balaban J connectivity index is 1.13. The minimum Gasteiger partial charge on any atom is -0.309 e. The lowest BCUT2D eigenvalue weighted by Gasteiger charge is -2.22. The van der Waals surface area contributed by atoms with E-state index in [0.717, 1.165) is 0 Å². The molecule has 9 aromatic carbocycles. The standard InChI is InChI=1S/C51H35N/c1-51(2)47-18-10-8-16-40(47)41-27-23-35(29-48(41)51)34-22-26-39-43(28-34)37-14-6-7-15-38(37)45-31-50-46(30-44(39)45)42-17-9-11-19-49(42)52(50)36-24-20-33(21-25-36)32-12-4-3-5-13-32/h3-31H,1-2H3. The number of nitrogens with zero attached hydrogens (tertiary/aromatic N) is 1. The van der Waals surface area contributed by atoms with Crippen LogP contribution >= 0.6 is 0 Å². The summed E-state index contributed by atoms with van der Waals surface area (Å²) in [5.74, 6) is 0. The molecule has 1 heterocycles. The van der Waals surface area contributed by atoms with Gasteiger partial charge in [-0.3, -0.25) is 0 Å². The van der Waals surface area contributed by atoms with Crippen LogP contribution in [0.1, 0.15) is 25.0 Å². The topological polar surface area (TPSA) is 4.93 Å². The third-order valence-corrected chi connectivity index (χ3v) is 11.8. The first-order valence-corrected chi connectivity index (χ1v) is 18.3. The summed E-state index contributed by atoms with van der Waals surface area (Å²) in [6.07, 6.45) is 0. The highest BCUT2D eigenvalue weighted by Crippen LogP contribution is 2.50. The zero-order chi connectivity index (χ0) is 34.6. The molecule has 52 heavy (non-hydrogen) atoms. The lowest BCUT2D eigenvalue weighted by atomic mass is 9.81. The van der Waals surface area contributed by atoms with Gasteiger partial charge in [-0.2, -0.15) is 0 Å². The summed E-state index contributed by atoms with van der Waals surface area (Å²) in [4.78, 5) is 0. The van der Waals surface area contributed by atoms with Crippen LogP contribution in [-0.2, 0) is 5.41 Å². The Kier molecular flexibility index (Phi) is 6.08. The second-order valence-corrected chi connectivity index (χ2v) is 14.9. The van der Waals surface area contributed by atoms with Gasteiger partial charge in [0.15, 0.2) is 0 Å². The Labute approximate surface area is 303 Å². The second-order valence-electron chi connectivity index (χ2n) is 14.9. The number of rotatable bonds is 3. The molecule has 0 radical (unpaired) electrons. The minimum atomic E-state index is -0.0316. The molecule has 0 saturated heterocycles. The van der Waals surface area contributed by atoms with E-state index in [1.807, 2.05) is 0 Å². The Morgan fingerprint density at radius 2 is 0.885 bits per heavy atom. The van der Waals surface area contributed by atoms with E-state index in [2.05, 4.69) is 194 Å². The quantitative estimate of drug-likeness (QED) is 0.166. The fourth-order valence-corrected chi connectivity index (χ4v) is 9.19. The van der Waals surface area contributed by atoms with E-state index >= 15 is 0 Å². The van der Waals surface area contributed by atoms with Crippen LogP contribution in [0.4, 0.5) is 0 Å². The first-order chi connectivity index (χ1) is 25.5. The van der Waals surface area contributed by atoms with Crippen LogP contribution < -0.4 is 0 Å². The Morgan fingerprint density at radius 3 is 1.69 bits per heavy atom. The zero-order valence-corrected chi connectivity index (χ0v) is 29.2. The van der Waals surface area contributed by atoms with Crippen LogP contribution in [-0.4, -0.2) is 4.57 Å². The van der Waals surface area contributed by atoms with E-state index in [-0.39, 0.29) is 5.41 Å². The summed E-state index contributed by atoms with van der Waals surface area (Å²) in [6.45, 7) is 4.72. The molecule has 1 aromatic heterocycles. The first kappa shape index (κ1) is 29.3. The van der Waals surface area contributed by atoms with Crippen LogP contribution in [0.3, 0.4) is 0 Å². The largest absolute Gasteiger partial charge is 0.309 e. The fourth-order valence-electron chi connectivity index (χ4n) is 9.19. The van der Waals surface area contributed by atoms with E-state index < -0.39 is 0 Å². The van der Waals surface area contributed by atoms with Crippen LogP contribution in [0.25, 0.3) is 93.2 Å². The Bertz CT molecular complexity index is 3070. The first-order valence-electron chi connectivity index (χ1n) is 18.3. The van der Waals surface area contributed by atoms with Crippen LogP contribution in [0.2, 0.25) is 0 Å². The molecule has 0 amide bonds. The molecule has 10 aromatic rings. The third kappa shape index (κ3) is 4.11. The minimum absolute atomic E-state index is 0.0316. The molecule has 0 N–H and O–H groups in total. The van der Waals surface area contributed by atoms with Gasteiger partial charge in [0.1, 0.15) is 0 Å². The maximum absolute atomic E-state index is 2.45. The Morgan fingerprint density at radius 1 is 0.327 bits per heavy atom. The number of benzene rings is 9. The van der Waals surface area contributed by atoms with E-state index in [4.69, 9.17) is 0 Å². The van der Waals surface area contributed by atoms with Crippen LogP contribution in [0.15, 0.2) is 176 Å². The third-order valence-electron chi connectivity index (χ3n) is 11.8. The SMILES string of the molecule is CC1(C)c2ccccc2-c2ccc(-c3ccc4c(c3)c3ccccc3c3cc5c(cc43)c3ccccc3n5-c3ccc(-c4ccccc4)cc3)cc21. The van der Waals surface area contributed by atoms with Gasteiger partial charge in [0.2, 0.25) is 0 Å². The molecule has 1 nitrogen and oxygen atoms in total. The molecular weight excluding hydrogens is 627 g/mol. The number of aromatic nitrogens is 1. The van der Waals surface area contributed by atoms with E-state index in [0.29, 0.717) is 0 Å². The summed E-state index contributed by atoms with van der Waals surface area (Å²) >= 11 is 0. The lowest BCUT2D eigenvalue weighted by Crippen LogP contribution is -2.14. The highest BCUT2D eigenvalue weighted by atomic mass is 15.0. The van der Waals surface area contributed by atoms with Crippen molar-refractivity contribution in [3.05, 3.63) is 187 Å². The van der Waals surface area contributed by atoms with Crippen molar-refractivity contribution in [2.75, 3.05) is 0 Å². The zero-order valence-electron chi connectivity index (χ0n) is 29.2. The highest BCUT2D eigenvalue weighted by molar-refractivity contribution is 6.29.